The minimum absolute atomic E-state index is 0.0967. The van der Waals surface area contributed by atoms with Crippen LogP contribution in [0.15, 0.2) is 41.3 Å². The molecule has 0 saturated heterocycles. The van der Waals surface area contributed by atoms with Crippen LogP contribution in [-0.4, -0.2) is 28.0 Å². The van der Waals surface area contributed by atoms with Gasteiger partial charge in [-0.15, -0.1) is 0 Å². The first-order valence-electron chi connectivity index (χ1n) is 7.22. The highest BCUT2D eigenvalue weighted by Gasteiger charge is 2.20. The second kappa shape index (κ2) is 7.95. The highest BCUT2D eigenvalue weighted by Crippen LogP contribution is 2.29. The Morgan fingerprint density at radius 1 is 1.16 bits per heavy atom. The molecule has 6 nitrogen and oxygen atoms in total. The van der Waals surface area contributed by atoms with Crippen LogP contribution in [0.3, 0.4) is 0 Å². The summed E-state index contributed by atoms with van der Waals surface area (Å²) < 4.78 is 32.7. The first-order valence-corrected chi connectivity index (χ1v) is 9.46. The number of anilines is 1. The molecule has 0 atom stereocenters. The quantitative estimate of drug-likeness (QED) is 0.773. The Hall–Kier alpha value is -1.96. The lowest BCUT2D eigenvalue weighted by atomic mass is 10.2. The van der Waals surface area contributed by atoms with E-state index in [2.05, 4.69) is 10.0 Å². The van der Waals surface area contributed by atoms with Gasteiger partial charge >= 0.3 is 0 Å². The number of methoxy groups -OCH3 is 1. The average molecular weight is 403 g/mol. The number of halogens is 2. The van der Waals surface area contributed by atoms with E-state index in [9.17, 15) is 13.2 Å². The van der Waals surface area contributed by atoms with Crippen LogP contribution in [0.2, 0.25) is 10.0 Å². The lowest BCUT2D eigenvalue weighted by Gasteiger charge is -2.13. The van der Waals surface area contributed by atoms with Gasteiger partial charge in [0.25, 0.3) is 15.9 Å². The molecule has 0 radical (unpaired) electrons. The predicted molar refractivity (Wildman–Crippen MR) is 98.3 cm³/mol. The lowest BCUT2D eigenvalue weighted by molar-refractivity contribution is 0.0952. The fourth-order valence-corrected chi connectivity index (χ4v) is 3.68. The highest BCUT2D eigenvalue weighted by atomic mass is 35.5. The summed E-state index contributed by atoms with van der Waals surface area (Å²) in [5.41, 5.74) is 0.302. The van der Waals surface area contributed by atoms with Crippen molar-refractivity contribution in [3.05, 3.63) is 52.0 Å². The van der Waals surface area contributed by atoms with Crippen molar-refractivity contribution in [3.63, 3.8) is 0 Å². The first kappa shape index (κ1) is 19.4. The van der Waals surface area contributed by atoms with Gasteiger partial charge in [-0.2, -0.15) is 0 Å². The van der Waals surface area contributed by atoms with Gasteiger partial charge in [-0.3, -0.25) is 9.52 Å². The first-order chi connectivity index (χ1) is 11.8. The number of hydrogen-bond donors (Lipinski definition) is 2. The molecule has 2 aromatic carbocycles. The number of nitrogens with one attached hydrogen (secondary N) is 2. The van der Waals surface area contributed by atoms with Gasteiger partial charge in [0, 0.05) is 11.6 Å². The third kappa shape index (κ3) is 4.56. The molecule has 0 unspecified atom stereocenters. The third-order valence-corrected chi connectivity index (χ3v) is 5.15. The maximum Gasteiger partial charge on any atom is 0.261 e. The van der Waals surface area contributed by atoms with E-state index in [1.165, 1.54) is 43.5 Å². The molecular formula is C16H16Cl2N2O4S. The normalized spacial score (nSPS) is 11.0. The second-order valence-electron chi connectivity index (χ2n) is 4.95. The van der Waals surface area contributed by atoms with Gasteiger partial charge < -0.3 is 10.1 Å². The number of rotatable bonds is 6. The Morgan fingerprint density at radius 3 is 2.48 bits per heavy atom. The maximum absolute atomic E-state index is 12.6. The molecule has 134 valence electrons. The van der Waals surface area contributed by atoms with E-state index in [4.69, 9.17) is 27.9 Å². The zero-order valence-corrected chi connectivity index (χ0v) is 15.8. The molecule has 0 aliphatic rings. The summed E-state index contributed by atoms with van der Waals surface area (Å²) in [6, 6.07) is 8.40. The van der Waals surface area contributed by atoms with Crippen LogP contribution in [-0.2, 0) is 10.0 Å². The van der Waals surface area contributed by atoms with Crippen LogP contribution in [0.4, 0.5) is 5.69 Å². The third-order valence-electron chi connectivity index (χ3n) is 3.24. The van der Waals surface area contributed by atoms with Gasteiger partial charge in [0.05, 0.1) is 28.3 Å². The summed E-state index contributed by atoms with van der Waals surface area (Å²) in [6.45, 7) is 2.16. The SMILES string of the molecule is CCNC(=O)c1cc(S(=O)(=O)Nc2ccc(Cl)cc2Cl)ccc1OC. The number of amides is 1. The molecule has 1 amide bonds. The van der Waals surface area contributed by atoms with Crippen LogP contribution < -0.4 is 14.8 Å². The van der Waals surface area contributed by atoms with Crippen molar-refractivity contribution in [3.8, 4) is 5.75 Å². The summed E-state index contributed by atoms with van der Waals surface area (Å²) in [5, 5.41) is 3.16. The van der Waals surface area contributed by atoms with Crippen LogP contribution in [0.5, 0.6) is 5.75 Å². The number of benzene rings is 2. The molecule has 0 spiro atoms. The summed E-state index contributed by atoms with van der Waals surface area (Å²) in [4.78, 5) is 12.0. The number of carbonyl (C=O) groups is 1. The monoisotopic (exact) mass is 402 g/mol. The van der Waals surface area contributed by atoms with Crippen molar-refractivity contribution in [1.29, 1.82) is 0 Å². The minimum atomic E-state index is -3.96. The van der Waals surface area contributed by atoms with Gasteiger partial charge in [-0.1, -0.05) is 23.2 Å². The molecule has 2 N–H and O–H groups in total. The van der Waals surface area contributed by atoms with E-state index in [-0.39, 0.29) is 26.9 Å². The maximum atomic E-state index is 12.6. The largest absolute Gasteiger partial charge is 0.496 e. The van der Waals surface area contributed by atoms with E-state index in [0.717, 1.165) is 0 Å². The number of ether oxygens (including phenoxy) is 1. The van der Waals surface area contributed by atoms with Crippen molar-refractivity contribution in [2.75, 3.05) is 18.4 Å². The lowest BCUT2D eigenvalue weighted by Crippen LogP contribution is -2.24. The summed E-state index contributed by atoms with van der Waals surface area (Å²) in [5.74, 6) is -0.157. The Bertz CT molecular complexity index is 901. The van der Waals surface area contributed by atoms with Crippen LogP contribution in [0.1, 0.15) is 17.3 Å². The molecule has 9 heteroatoms. The van der Waals surface area contributed by atoms with Crippen molar-refractivity contribution < 1.29 is 17.9 Å². The van der Waals surface area contributed by atoms with Crippen LogP contribution in [0, 0.1) is 0 Å². The predicted octanol–water partition coefficient (Wildman–Crippen LogP) is 3.55. The zero-order chi connectivity index (χ0) is 18.6. The smallest absolute Gasteiger partial charge is 0.261 e. The fourth-order valence-electron chi connectivity index (χ4n) is 2.06. The number of carbonyl (C=O) groups excluding carboxylic acids is 1. The molecule has 0 heterocycles. The van der Waals surface area contributed by atoms with Crippen LogP contribution >= 0.6 is 23.2 Å². The molecule has 2 aromatic rings. The van der Waals surface area contributed by atoms with Gasteiger partial charge in [0.2, 0.25) is 0 Å². The van der Waals surface area contributed by atoms with Crippen molar-refractivity contribution >= 4 is 44.8 Å². The fraction of sp³-hybridized carbons (Fsp3) is 0.188. The Kier molecular flexibility index (Phi) is 6.16. The van der Waals surface area contributed by atoms with Gasteiger partial charge in [-0.25, -0.2) is 8.42 Å². The molecule has 0 aromatic heterocycles. The van der Waals surface area contributed by atoms with Crippen LogP contribution in [0.25, 0.3) is 0 Å². The standard InChI is InChI=1S/C16H16Cl2N2O4S/c1-3-19-16(21)12-9-11(5-7-15(12)24-2)25(22,23)20-14-6-4-10(17)8-13(14)18/h4-9,20H,3H2,1-2H3,(H,19,21). The summed E-state index contributed by atoms with van der Waals surface area (Å²) in [6.07, 6.45) is 0. The van der Waals surface area contributed by atoms with E-state index in [1.54, 1.807) is 6.92 Å². The summed E-state index contributed by atoms with van der Waals surface area (Å²) in [7, 11) is -2.56. The molecule has 0 bridgehead atoms. The van der Waals surface area contributed by atoms with Gasteiger partial charge in [0.1, 0.15) is 5.75 Å². The van der Waals surface area contributed by atoms with E-state index in [0.29, 0.717) is 11.6 Å². The second-order valence-corrected chi connectivity index (χ2v) is 7.48. The summed E-state index contributed by atoms with van der Waals surface area (Å²) >= 11 is 11.8. The number of sulfonamides is 1. The Morgan fingerprint density at radius 2 is 1.88 bits per heavy atom. The molecule has 25 heavy (non-hydrogen) atoms. The molecule has 0 fully saturated rings. The van der Waals surface area contributed by atoms with Gasteiger partial charge in [-0.05, 0) is 43.3 Å². The minimum Gasteiger partial charge on any atom is -0.496 e. The number of hydrogen-bond acceptors (Lipinski definition) is 4. The molecule has 2 rings (SSSR count). The van der Waals surface area contributed by atoms with E-state index in [1.807, 2.05) is 0 Å². The van der Waals surface area contributed by atoms with E-state index < -0.39 is 15.9 Å². The molecule has 0 aliphatic heterocycles. The highest BCUT2D eigenvalue weighted by molar-refractivity contribution is 7.92. The Balaban J connectivity index is 2.42. The van der Waals surface area contributed by atoms with Gasteiger partial charge in [0.15, 0.2) is 0 Å². The van der Waals surface area contributed by atoms with Crippen molar-refractivity contribution in [2.45, 2.75) is 11.8 Å². The zero-order valence-electron chi connectivity index (χ0n) is 13.5. The van der Waals surface area contributed by atoms with E-state index >= 15 is 0 Å². The topological polar surface area (TPSA) is 84.5 Å². The molecule has 0 saturated carbocycles. The van der Waals surface area contributed by atoms with Crippen molar-refractivity contribution in [2.24, 2.45) is 0 Å². The molecular weight excluding hydrogens is 387 g/mol. The Labute approximate surface area is 156 Å². The van der Waals surface area contributed by atoms with Crippen molar-refractivity contribution in [1.82, 2.24) is 5.32 Å². The molecule has 0 aliphatic carbocycles. The average Bonchev–Trinajstić information content (AvgIpc) is 2.57.